The van der Waals surface area contributed by atoms with Crippen LogP contribution in [-0.4, -0.2) is 54.5 Å². The van der Waals surface area contributed by atoms with Crippen LogP contribution in [0.3, 0.4) is 0 Å². The van der Waals surface area contributed by atoms with Crippen molar-refractivity contribution >= 4 is 37.5 Å². The van der Waals surface area contributed by atoms with Crippen LogP contribution in [0.1, 0.15) is 48.0 Å². The first-order valence-corrected chi connectivity index (χ1v) is 12.5. The van der Waals surface area contributed by atoms with E-state index in [1.807, 2.05) is 20.8 Å². The molecule has 0 unspecified atom stereocenters. The van der Waals surface area contributed by atoms with E-state index in [4.69, 9.17) is 21.4 Å². The fraction of sp³-hybridized carbons (Fsp3) is 0.833. The maximum absolute atomic E-state index is 12.8. The van der Waals surface area contributed by atoms with Gasteiger partial charge < -0.3 is 14.5 Å². The lowest BCUT2D eigenvalue weighted by Gasteiger charge is -2.45. The second-order valence-corrected chi connectivity index (χ2v) is 14.6. The van der Waals surface area contributed by atoms with Crippen LogP contribution >= 0.6 is 12.2 Å². The van der Waals surface area contributed by atoms with Gasteiger partial charge in [-0.2, -0.15) is 0 Å². The van der Waals surface area contributed by atoms with E-state index in [2.05, 4.69) is 39.2 Å². The number of hydrogen-bond acceptors (Lipinski definition) is 5. The molecule has 0 aromatic rings. The number of amides is 2. The quantitative estimate of drug-likeness (QED) is 0.437. The third-order valence-electron chi connectivity index (χ3n) is 5.84. The summed E-state index contributed by atoms with van der Waals surface area (Å²) in [4.78, 5) is 26.5. The topological polar surface area (TPSA) is 67.9 Å². The molecule has 2 heterocycles. The van der Waals surface area contributed by atoms with E-state index in [9.17, 15) is 9.59 Å². The summed E-state index contributed by atoms with van der Waals surface area (Å²) in [5.41, 5.74) is -0.458. The molecule has 2 rings (SSSR count). The molecule has 2 fully saturated rings. The lowest BCUT2D eigenvalue weighted by molar-refractivity contribution is -0.143. The molecule has 2 amide bonds. The maximum atomic E-state index is 12.8. The number of hydrogen-bond donors (Lipinski definition) is 1. The van der Waals surface area contributed by atoms with Gasteiger partial charge in [0.05, 0.1) is 23.6 Å². The molecule has 0 aliphatic carbocycles. The van der Waals surface area contributed by atoms with Crippen LogP contribution in [0.2, 0.25) is 18.1 Å². The molecule has 2 aliphatic heterocycles. The summed E-state index contributed by atoms with van der Waals surface area (Å²) in [7, 11) is -1.99. The Balaban J connectivity index is 2.04. The van der Waals surface area contributed by atoms with Crippen molar-refractivity contribution in [3.8, 4) is 0 Å². The maximum Gasteiger partial charge on any atom is 0.266 e. The number of thiocarbonyl (C=S) groups is 1. The van der Waals surface area contributed by atoms with Crippen molar-refractivity contribution in [1.29, 1.82) is 0 Å². The van der Waals surface area contributed by atoms with Crippen LogP contribution < -0.4 is 5.32 Å². The number of carbonyl (C=O) groups is 2. The van der Waals surface area contributed by atoms with Crippen molar-refractivity contribution in [2.24, 2.45) is 5.92 Å². The Morgan fingerprint density at radius 1 is 1.46 bits per heavy atom. The molecule has 0 bridgehead atoms. The van der Waals surface area contributed by atoms with Crippen LogP contribution in [0, 0.1) is 5.92 Å². The summed E-state index contributed by atoms with van der Waals surface area (Å²) >= 11 is 5.17. The van der Waals surface area contributed by atoms with Crippen molar-refractivity contribution in [1.82, 2.24) is 10.2 Å². The minimum absolute atomic E-state index is 0.0477. The van der Waals surface area contributed by atoms with E-state index in [1.54, 1.807) is 0 Å². The number of rotatable bonds is 5. The van der Waals surface area contributed by atoms with E-state index in [0.717, 1.165) is 0 Å². The number of nitrogens with one attached hydrogen (secondary N) is 1. The lowest BCUT2D eigenvalue weighted by Crippen LogP contribution is -2.65. The number of β-lactam (4-membered cyclic amide) rings is 1. The zero-order valence-corrected chi connectivity index (χ0v) is 19.0. The first-order valence-electron chi connectivity index (χ1n) is 9.15. The minimum Gasteiger partial charge on any atom is -0.468 e. The van der Waals surface area contributed by atoms with Gasteiger partial charge in [-0.25, -0.2) is 0 Å². The Kier molecular flexibility index (Phi) is 5.63. The van der Waals surface area contributed by atoms with Crippen LogP contribution in [-0.2, 0) is 18.8 Å². The summed E-state index contributed by atoms with van der Waals surface area (Å²) in [5.74, 6) is -0.478. The highest BCUT2D eigenvalue weighted by molar-refractivity contribution is 7.80. The van der Waals surface area contributed by atoms with Crippen LogP contribution in [0.25, 0.3) is 0 Å². The van der Waals surface area contributed by atoms with Gasteiger partial charge in [0, 0.05) is 6.42 Å². The molecular weight excluding hydrogens is 368 g/mol. The monoisotopic (exact) mass is 400 g/mol. The SMILES string of the molecule is C[C@@H](O[Si](C)(C)C(C)(C)C)[C@H]1C(=O)N[C@@H]1CC(=O)N1C(=S)OCC1(C)C. The van der Waals surface area contributed by atoms with Crippen LogP contribution in [0.5, 0.6) is 0 Å². The van der Waals surface area contributed by atoms with E-state index in [0.29, 0.717) is 6.61 Å². The van der Waals surface area contributed by atoms with Gasteiger partial charge in [-0.1, -0.05) is 20.8 Å². The summed E-state index contributed by atoms with van der Waals surface area (Å²) in [6.07, 6.45) is -0.0219. The predicted molar refractivity (Wildman–Crippen MR) is 107 cm³/mol. The van der Waals surface area contributed by atoms with Crippen molar-refractivity contribution in [3.05, 3.63) is 0 Å². The largest absolute Gasteiger partial charge is 0.468 e. The smallest absolute Gasteiger partial charge is 0.266 e. The molecule has 2 aliphatic rings. The Hall–Kier alpha value is -0.993. The van der Waals surface area contributed by atoms with Gasteiger partial charge in [0.1, 0.15) is 6.61 Å². The average Bonchev–Trinajstić information content (AvgIpc) is 2.69. The minimum atomic E-state index is -1.99. The molecule has 0 aromatic carbocycles. The van der Waals surface area contributed by atoms with Gasteiger partial charge in [0.15, 0.2) is 8.32 Å². The van der Waals surface area contributed by atoms with Gasteiger partial charge >= 0.3 is 0 Å². The second-order valence-electron chi connectivity index (χ2n) is 9.52. The zero-order chi connectivity index (χ0) is 20.1. The summed E-state index contributed by atoms with van der Waals surface area (Å²) in [5, 5.41) is 3.14. The van der Waals surface area contributed by atoms with Gasteiger partial charge in [0.2, 0.25) is 11.8 Å². The van der Waals surface area contributed by atoms with Gasteiger partial charge in [0.25, 0.3) is 5.17 Å². The summed E-state index contributed by atoms with van der Waals surface area (Å²) in [6, 6.07) is -0.228. The van der Waals surface area contributed by atoms with Crippen molar-refractivity contribution in [2.45, 2.75) is 83.8 Å². The molecule has 8 heteroatoms. The Bertz CT molecular complexity index is 615. The molecule has 0 aromatic heterocycles. The van der Waals surface area contributed by atoms with E-state index >= 15 is 0 Å². The lowest BCUT2D eigenvalue weighted by atomic mass is 9.83. The number of carbonyl (C=O) groups excluding carboxylic acids is 2. The molecule has 0 radical (unpaired) electrons. The van der Waals surface area contributed by atoms with Crippen molar-refractivity contribution < 1.29 is 18.8 Å². The number of nitrogens with zero attached hydrogens (tertiary/aromatic N) is 1. The standard InChI is InChI=1S/C18H32N2O4SSi/c1-11(24-26(7,8)17(2,3)4)14-12(19-15(14)22)9-13(21)20-16(25)23-10-18(20,5)6/h11-12,14H,9-10H2,1-8H3,(H,19,22)/t11-,12-,14-/m1/s1. The van der Waals surface area contributed by atoms with Crippen LogP contribution in [0.15, 0.2) is 0 Å². The van der Waals surface area contributed by atoms with Gasteiger partial charge in [-0.05, 0) is 51.1 Å². The molecule has 26 heavy (non-hydrogen) atoms. The van der Waals surface area contributed by atoms with E-state index < -0.39 is 13.9 Å². The molecule has 3 atom stereocenters. The Morgan fingerprint density at radius 2 is 2.04 bits per heavy atom. The molecule has 6 nitrogen and oxygen atoms in total. The average molecular weight is 401 g/mol. The van der Waals surface area contributed by atoms with E-state index in [1.165, 1.54) is 4.90 Å². The summed E-state index contributed by atoms with van der Waals surface area (Å²) in [6.45, 7) is 17.0. The first-order chi connectivity index (χ1) is 11.7. The molecule has 148 valence electrons. The second kappa shape index (κ2) is 6.87. The Labute approximate surface area is 163 Å². The van der Waals surface area contributed by atoms with Crippen molar-refractivity contribution in [3.63, 3.8) is 0 Å². The Morgan fingerprint density at radius 3 is 2.46 bits per heavy atom. The van der Waals surface area contributed by atoms with Gasteiger partial charge in [-0.15, -0.1) is 0 Å². The summed E-state index contributed by atoms with van der Waals surface area (Å²) < 4.78 is 11.7. The molecular formula is C18H32N2O4SSi. The van der Waals surface area contributed by atoms with Gasteiger partial charge in [-0.3, -0.25) is 14.5 Å². The van der Waals surface area contributed by atoms with Crippen molar-refractivity contribution in [2.75, 3.05) is 6.61 Å². The highest BCUT2D eigenvalue weighted by atomic mass is 32.1. The predicted octanol–water partition coefficient (Wildman–Crippen LogP) is 2.82. The normalized spacial score (nSPS) is 26.8. The number of ether oxygens (including phenoxy) is 1. The highest BCUT2D eigenvalue weighted by Crippen LogP contribution is 2.39. The molecule has 0 saturated carbocycles. The van der Waals surface area contributed by atoms with Crippen LogP contribution in [0.4, 0.5) is 0 Å². The fourth-order valence-corrected chi connectivity index (χ4v) is 5.06. The highest BCUT2D eigenvalue weighted by Gasteiger charge is 2.50. The zero-order valence-electron chi connectivity index (χ0n) is 17.1. The molecule has 1 N–H and O–H groups in total. The molecule has 2 saturated heterocycles. The first kappa shape index (κ1) is 21.3. The van der Waals surface area contributed by atoms with E-state index in [-0.39, 0.29) is 46.5 Å². The third-order valence-corrected chi connectivity index (χ3v) is 10.7. The fourth-order valence-electron chi connectivity index (χ4n) is 3.22. The third kappa shape index (κ3) is 3.97. The molecule has 0 spiro atoms.